The first kappa shape index (κ1) is 18.9. The molecule has 1 saturated heterocycles. The number of hydrogen-bond acceptors (Lipinski definition) is 5. The van der Waals surface area contributed by atoms with Crippen LogP contribution >= 0.6 is 0 Å². The van der Waals surface area contributed by atoms with Crippen LogP contribution in [-0.2, 0) is 9.53 Å². The number of allylic oxidation sites excluding steroid dienone is 1. The van der Waals surface area contributed by atoms with Crippen molar-refractivity contribution in [3.8, 4) is 5.75 Å². The highest BCUT2D eigenvalue weighted by Gasteiger charge is 2.71. The number of benzene rings is 1. The van der Waals surface area contributed by atoms with E-state index in [0.29, 0.717) is 17.4 Å². The van der Waals surface area contributed by atoms with Crippen LogP contribution in [0.15, 0.2) is 34.3 Å². The molecular formula is C24H28O5. The maximum absolute atomic E-state index is 13.5. The molecule has 5 nitrogen and oxygen atoms in total. The minimum atomic E-state index is -1.77. The van der Waals surface area contributed by atoms with Crippen LogP contribution in [0.1, 0.15) is 58.0 Å². The molecule has 6 atom stereocenters. The van der Waals surface area contributed by atoms with Crippen molar-refractivity contribution in [1.29, 1.82) is 0 Å². The predicted molar refractivity (Wildman–Crippen MR) is 109 cm³/mol. The van der Waals surface area contributed by atoms with Crippen LogP contribution in [0.3, 0.4) is 0 Å². The average molecular weight is 396 g/mol. The lowest BCUT2D eigenvalue weighted by Crippen LogP contribution is -2.71. The highest BCUT2D eigenvalue weighted by atomic mass is 16.7. The van der Waals surface area contributed by atoms with Crippen molar-refractivity contribution in [3.05, 3.63) is 41.2 Å². The minimum Gasteiger partial charge on any atom is -0.454 e. The van der Waals surface area contributed by atoms with Gasteiger partial charge in [-0.1, -0.05) is 24.6 Å². The number of hydrogen-bond donors (Lipinski definition) is 1. The van der Waals surface area contributed by atoms with Crippen LogP contribution in [0, 0.1) is 24.7 Å². The molecule has 29 heavy (non-hydrogen) atoms. The number of carbonyl (C=O) groups excluding carboxylic acids is 1. The van der Waals surface area contributed by atoms with Gasteiger partial charge in [0.25, 0.3) is 0 Å². The monoisotopic (exact) mass is 396 g/mol. The van der Waals surface area contributed by atoms with Gasteiger partial charge in [0, 0.05) is 11.8 Å². The van der Waals surface area contributed by atoms with E-state index in [1.165, 1.54) is 6.08 Å². The fourth-order valence-electron chi connectivity index (χ4n) is 5.82. The van der Waals surface area contributed by atoms with Crippen molar-refractivity contribution in [1.82, 2.24) is 0 Å². The van der Waals surface area contributed by atoms with Crippen LogP contribution in [0.4, 0.5) is 0 Å². The maximum Gasteiger partial charge on any atom is 0.304 e. The molecule has 154 valence electrons. The standard InChI is InChI=1S/C24H28O5/c1-12(2)11-17(25)24-23(5,26)15-10-9-14(4)18(15)20(28-24)22-21(29-24)19-13(3)7-6-8-16(19)27-22/h6-8,11,14-15,18,20,26H,9-10H2,1-5H3. The normalized spacial score (nSPS) is 37.6. The Kier molecular flexibility index (Phi) is 3.88. The van der Waals surface area contributed by atoms with E-state index in [2.05, 4.69) is 6.92 Å². The maximum atomic E-state index is 13.5. The van der Waals surface area contributed by atoms with E-state index in [1.54, 1.807) is 6.92 Å². The fraction of sp³-hybridized carbons (Fsp3) is 0.542. The molecule has 2 bridgehead atoms. The number of carbonyl (C=O) groups is 1. The second-order valence-corrected chi connectivity index (χ2v) is 9.47. The molecule has 2 aromatic rings. The zero-order chi connectivity index (χ0) is 20.7. The summed E-state index contributed by atoms with van der Waals surface area (Å²) in [6.45, 7) is 9.61. The number of aryl methyl sites for hydroxylation is 1. The van der Waals surface area contributed by atoms with Crippen molar-refractivity contribution in [2.75, 3.05) is 0 Å². The molecule has 0 spiro atoms. The number of ether oxygens (including phenoxy) is 2. The smallest absolute Gasteiger partial charge is 0.304 e. The summed E-state index contributed by atoms with van der Waals surface area (Å²) < 4.78 is 19.0. The van der Waals surface area contributed by atoms with E-state index in [1.807, 2.05) is 39.0 Å². The molecule has 3 aliphatic rings. The van der Waals surface area contributed by atoms with Crippen molar-refractivity contribution >= 4 is 16.8 Å². The summed E-state index contributed by atoms with van der Waals surface area (Å²) in [6.07, 6.45) is 2.92. The lowest BCUT2D eigenvalue weighted by Gasteiger charge is -2.56. The van der Waals surface area contributed by atoms with Crippen molar-refractivity contribution < 1.29 is 23.8 Å². The molecule has 1 aromatic carbocycles. The molecule has 6 unspecified atom stereocenters. The van der Waals surface area contributed by atoms with E-state index in [0.717, 1.165) is 34.9 Å². The summed E-state index contributed by atoms with van der Waals surface area (Å²) in [4.78, 5) is 13.5. The zero-order valence-corrected chi connectivity index (χ0v) is 17.6. The Morgan fingerprint density at radius 3 is 2.76 bits per heavy atom. The summed E-state index contributed by atoms with van der Waals surface area (Å²) in [7, 11) is 0. The highest BCUT2D eigenvalue weighted by Crippen LogP contribution is 2.63. The van der Waals surface area contributed by atoms with Gasteiger partial charge in [0.1, 0.15) is 17.3 Å². The largest absolute Gasteiger partial charge is 0.454 e. The predicted octanol–water partition coefficient (Wildman–Crippen LogP) is 4.85. The molecule has 0 radical (unpaired) electrons. The molecule has 1 aromatic heterocycles. The first-order valence-electron chi connectivity index (χ1n) is 10.5. The molecule has 0 amide bonds. The Morgan fingerprint density at radius 1 is 1.28 bits per heavy atom. The Morgan fingerprint density at radius 2 is 2.03 bits per heavy atom. The van der Waals surface area contributed by atoms with Crippen LogP contribution in [-0.4, -0.2) is 22.3 Å². The summed E-state index contributed by atoms with van der Waals surface area (Å²) >= 11 is 0. The quantitative estimate of drug-likeness (QED) is 0.735. The lowest BCUT2D eigenvalue weighted by atomic mass is 9.67. The number of aliphatic hydroxyl groups is 1. The average Bonchev–Trinajstić information content (AvgIpc) is 3.21. The molecule has 2 fully saturated rings. The Hall–Kier alpha value is -2.11. The van der Waals surface area contributed by atoms with Gasteiger partial charge in [0.2, 0.25) is 5.78 Å². The number of fused-ring (bicyclic) bond motifs is 8. The van der Waals surface area contributed by atoms with Crippen LogP contribution in [0.25, 0.3) is 11.0 Å². The van der Waals surface area contributed by atoms with Crippen molar-refractivity contribution in [2.24, 2.45) is 17.8 Å². The first-order chi connectivity index (χ1) is 13.7. The molecule has 5 heteroatoms. The molecule has 2 aliphatic heterocycles. The minimum absolute atomic E-state index is 0.0705. The van der Waals surface area contributed by atoms with Crippen LogP contribution in [0.2, 0.25) is 0 Å². The van der Waals surface area contributed by atoms with Gasteiger partial charge in [0.15, 0.2) is 11.5 Å². The number of ketones is 1. The SMILES string of the molecule is CC(C)=CC(=O)C12Oc3c(oc4cccc(C)c34)C(O1)C1C(C)CCC1C2(C)O. The van der Waals surface area contributed by atoms with Crippen molar-refractivity contribution in [2.45, 2.75) is 65.0 Å². The number of rotatable bonds is 2. The summed E-state index contributed by atoms with van der Waals surface area (Å²) in [5.74, 6) is -0.606. The topological polar surface area (TPSA) is 68.9 Å². The van der Waals surface area contributed by atoms with Crippen LogP contribution < -0.4 is 4.74 Å². The summed E-state index contributed by atoms with van der Waals surface area (Å²) in [6, 6.07) is 5.85. The molecule has 1 aliphatic carbocycles. The third kappa shape index (κ3) is 2.32. The van der Waals surface area contributed by atoms with E-state index in [-0.39, 0.29) is 17.6 Å². The second kappa shape index (κ2) is 5.96. The molecule has 1 N–H and O–H groups in total. The third-order valence-electron chi connectivity index (χ3n) is 7.24. The van der Waals surface area contributed by atoms with Gasteiger partial charge in [-0.25, -0.2) is 0 Å². The van der Waals surface area contributed by atoms with Crippen molar-refractivity contribution in [3.63, 3.8) is 0 Å². The summed E-state index contributed by atoms with van der Waals surface area (Å²) in [5, 5.41) is 12.6. The first-order valence-corrected chi connectivity index (χ1v) is 10.5. The molecule has 1 saturated carbocycles. The van der Waals surface area contributed by atoms with Gasteiger partial charge in [-0.15, -0.1) is 0 Å². The van der Waals surface area contributed by atoms with Crippen LogP contribution in [0.5, 0.6) is 5.75 Å². The summed E-state index contributed by atoms with van der Waals surface area (Å²) in [5.41, 5.74) is 1.11. The van der Waals surface area contributed by atoms with Gasteiger partial charge in [-0.2, -0.15) is 0 Å². The van der Waals surface area contributed by atoms with E-state index in [9.17, 15) is 9.90 Å². The van der Waals surface area contributed by atoms with Gasteiger partial charge in [-0.05, 0) is 64.2 Å². The molecular weight excluding hydrogens is 368 g/mol. The van der Waals surface area contributed by atoms with Gasteiger partial charge >= 0.3 is 5.79 Å². The Labute approximate surface area is 170 Å². The second-order valence-electron chi connectivity index (χ2n) is 9.47. The third-order valence-corrected chi connectivity index (χ3v) is 7.24. The van der Waals surface area contributed by atoms with Gasteiger partial charge in [0.05, 0.1) is 5.39 Å². The molecule has 3 heterocycles. The fourth-order valence-corrected chi connectivity index (χ4v) is 5.82. The van der Waals surface area contributed by atoms with E-state index < -0.39 is 17.5 Å². The number of furan rings is 1. The zero-order valence-electron chi connectivity index (χ0n) is 17.6. The van der Waals surface area contributed by atoms with Gasteiger partial charge < -0.3 is 19.0 Å². The highest BCUT2D eigenvalue weighted by molar-refractivity contribution is 5.99. The van der Waals surface area contributed by atoms with Gasteiger partial charge in [-0.3, -0.25) is 4.79 Å². The molecule has 5 rings (SSSR count). The Balaban J connectivity index is 1.80. The van der Waals surface area contributed by atoms with E-state index >= 15 is 0 Å². The Bertz CT molecular complexity index is 1040. The lowest BCUT2D eigenvalue weighted by molar-refractivity contribution is -0.346. The van der Waals surface area contributed by atoms with E-state index in [4.69, 9.17) is 13.9 Å².